The maximum absolute atomic E-state index is 12.1. The van der Waals surface area contributed by atoms with Crippen LogP contribution in [0.3, 0.4) is 0 Å². The third kappa shape index (κ3) is 3.93. The van der Waals surface area contributed by atoms with Crippen LogP contribution in [0.5, 0.6) is 0 Å². The van der Waals surface area contributed by atoms with Crippen molar-refractivity contribution in [2.45, 2.75) is 43.8 Å². The topological polar surface area (TPSA) is 74.8 Å². The van der Waals surface area contributed by atoms with Crippen molar-refractivity contribution >= 4 is 28.6 Å². The zero-order chi connectivity index (χ0) is 16.2. The number of rotatable bonds is 4. The normalized spacial score (nSPS) is 21.3. The number of para-hydroxylation sites is 1. The lowest BCUT2D eigenvalue weighted by atomic mass is 9.86. The van der Waals surface area contributed by atoms with E-state index in [0.29, 0.717) is 22.0 Å². The minimum atomic E-state index is -0.167. The number of benzene rings is 1. The summed E-state index contributed by atoms with van der Waals surface area (Å²) in [5.74, 6) is 0.811. The minimum Gasteiger partial charge on any atom is -0.352 e. The molecule has 2 atom stereocenters. The molecule has 2 aromatic rings. The number of amides is 1. The number of carbonyl (C=O) groups excluding carboxylic acids is 1. The Kier molecular flexibility index (Phi) is 5.00. The molecule has 0 spiro atoms. The van der Waals surface area contributed by atoms with Gasteiger partial charge in [0, 0.05) is 6.04 Å². The number of aromatic nitrogens is 2. The van der Waals surface area contributed by atoms with Crippen LogP contribution in [0.2, 0.25) is 0 Å². The summed E-state index contributed by atoms with van der Waals surface area (Å²) in [6.45, 7) is 2.19. The lowest BCUT2D eigenvalue weighted by Crippen LogP contribution is -2.41. The molecular weight excluding hydrogens is 310 g/mol. The molecule has 0 bridgehead atoms. The van der Waals surface area contributed by atoms with E-state index < -0.39 is 0 Å². The van der Waals surface area contributed by atoms with Crippen molar-refractivity contribution in [1.82, 2.24) is 15.3 Å². The van der Waals surface area contributed by atoms with Crippen LogP contribution in [-0.4, -0.2) is 27.7 Å². The highest BCUT2D eigenvalue weighted by Gasteiger charge is 2.22. The van der Waals surface area contributed by atoms with Gasteiger partial charge in [-0.25, -0.2) is 4.98 Å². The van der Waals surface area contributed by atoms with Crippen molar-refractivity contribution in [2.24, 2.45) is 5.92 Å². The molecule has 122 valence electrons. The monoisotopic (exact) mass is 331 g/mol. The largest absolute Gasteiger partial charge is 0.352 e. The summed E-state index contributed by atoms with van der Waals surface area (Å²) < 4.78 is 0. The Bertz CT molecular complexity index is 759. The molecule has 2 N–H and O–H groups in total. The zero-order valence-corrected chi connectivity index (χ0v) is 14.0. The number of nitrogens with one attached hydrogen (secondary N) is 2. The molecule has 0 saturated heterocycles. The van der Waals surface area contributed by atoms with Gasteiger partial charge in [0.2, 0.25) is 5.91 Å². The van der Waals surface area contributed by atoms with E-state index in [0.717, 1.165) is 6.42 Å². The first-order chi connectivity index (χ1) is 11.1. The molecule has 1 saturated carbocycles. The van der Waals surface area contributed by atoms with Gasteiger partial charge in [-0.2, -0.15) is 0 Å². The van der Waals surface area contributed by atoms with Crippen LogP contribution in [0.15, 0.2) is 34.2 Å². The molecule has 23 heavy (non-hydrogen) atoms. The van der Waals surface area contributed by atoms with Gasteiger partial charge >= 0.3 is 0 Å². The van der Waals surface area contributed by atoms with Gasteiger partial charge < -0.3 is 10.3 Å². The fourth-order valence-electron chi connectivity index (χ4n) is 3.05. The molecule has 0 radical (unpaired) electrons. The lowest BCUT2D eigenvalue weighted by molar-refractivity contribution is -0.119. The van der Waals surface area contributed by atoms with Gasteiger partial charge in [-0.3, -0.25) is 9.59 Å². The molecule has 1 aliphatic rings. The first-order valence-corrected chi connectivity index (χ1v) is 9.03. The van der Waals surface area contributed by atoms with Crippen molar-refractivity contribution in [1.29, 1.82) is 0 Å². The van der Waals surface area contributed by atoms with Crippen molar-refractivity contribution in [2.75, 3.05) is 5.75 Å². The summed E-state index contributed by atoms with van der Waals surface area (Å²) in [5, 5.41) is 4.16. The molecule has 6 heteroatoms. The highest BCUT2D eigenvalue weighted by Crippen LogP contribution is 2.24. The second-order valence-electron chi connectivity index (χ2n) is 6.11. The number of aromatic amines is 1. The second-order valence-corrected chi connectivity index (χ2v) is 7.08. The highest BCUT2D eigenvalue weighted by atomic mass is 32.2. The van der Waals surface area contributed by atoms with Gasteiger partial charge in [0.1, 0.15) is 0 Å². The molecule has 0 aliphatic heterocycles. The standard InChI is InChI=1S/C17H21N3O2S/c1-11-6-2-4-8-13(11)18-15(21)10-23-17-19-14-9-5-3-7-12(14)16(22)20-17/h3,5,7,9,11,13H,2,4,6,8,10H2,1H3,(H,18,21)(H,19,20,22)/t11-,13-/m1/s1. The molecule has 3 rings (SSSR count). The Labute approximate surface area is 139 Å². The predicted molar refractivity (Wildman–Crippen MR) is 92.7 cm³/mol. The molecule has 1 aromatic heterocycles. The van der Waals surface area contributed by atoms with Crippen molar-refractivity contribution in [3.8, 4) is 0 Å². The van der Waals surface area contributed by atoms with E-state index >= 15 is 0 Å². The molecule has 1 heterocycles. The fraction of sp³-hybridized carbons (Fsp3) is 0.471. The Morgan fingerprint density at radius 2 is 2.13 bits per heavy atom. The van der Waals surface area contributed by atoms with Crippen LogP contribution < -0.4 is 10.9 Å². The first kappa shape index (κ1) is 16.1. The van der Waals surface area contributed by atoms with Gasteiger partial charge in [0.25, 0.3) is 5.56 Å². The van der Waals surface area contributed by atoms with Gasteiger partial charge in [0.15, 0.2) is 5.16 Å². The molecule has 0 unspecified atom stereocenters. The van der Waals surface area contributed by atoms with E-state index in [1.165, 1.54) is 31.0 Å². The summed E-state index contributed by atoms with van der Waals surface area (Å²) in [7, 11) is 0. The first-order valence-electron chi connectivity index (χ1n) is 8.05. The lowest BCUT2D eigenvalue weighted by Gasteiger charge is -2.29. The number of nitrogens with zero attached hydrogens (tertiary/aromatic N) is 1. The smallest absolute Gasteiger partial charge is 0.259 e. The van der Waals surface area contributed by atoms with Gasteiger partial charge in [-0.05, 0) is 30.9 Å². The summed E-state index contributed by atoms with van der Waals surface area (Å²) >= 11 is 1.27. The van der Waals surface area contributed by atoms with Crippen molar-refractivity contribution in [3.63, 3.8) is 0 Å². The zero-order valence-electron chi connectivity index (χ0n) is 13.2. The molecule has 1 amide bonds. The Hall–Kier alpha value is -1.82. The predicted octanol–water partition coefficient (Wildman–Crippen LogP) is 2.71. The SMILES string of the molecule is C[C@@H]1CCCC[C@H]1NC(=O)CSc1nc2ccccc2c(=O)[nH]1. The maximum Gasteiger partial charge on any atom is 0.259 e. The van der Waals surface area contributed by atoms with E-state index in [4.69, 9.17) is 0 Å². The summed E-state index contributed by atoms with van der Waals surface area (Å²) in [4.78, 5) is 31.3. The number of hydrogen-bond donors (Lipinski definition) is 2. The summed E-state index contributed by atoms with van der Waals surface area (Å²) in [6.07, 6.45) is 4.67. The number of hydrogen-bond acceptors (Lipinski definition) is 4. The van der Waals surface area contributed by atoms with Crippen LogP contribution in [0.4, 0.5) is 0 Å². The van der Waals surface area contributed by atoms with Crippen LogP contribution >= 0.6 is 11.8 Å². The van der Waals surface area contributed by atoms with Crippen LogP contribution in [0.1, 0.15) is 32.6 Å². The Balaban J connectivity index is 1.61. The summed E-state index contributed by atoms with van der Waals surface area (Å²) in [5.41, 5.74) is 0.486. The Morgan fingerprint density at radius 1 is 1.35 bits per heavy atom. The van der Waals surface area contributed by atoms with Gasteiger partial charge in [0.05, 0.1) is 16.7 Å². The highest BCUT2D eigenvalue weighted by molar-refractivity contribution is 7.99. The molecule has 1 fully saturated rings. The van der Waals surface area contributed by atoms with Gasteiger partial charge in [-0.1, -0.05) is 43.7 Å². The summed E-state index contributed by atoms with van der Waals surface area (Å²) in [6, 6.07) is 7.48. The van der Waals surface area contributed by atoms with Crippen molar-refractivity contribution in [3.05, 3.63) is 34.6 Å². The molecule has 1 aliphatic carbocycles. The van der Waals surface area contributed by atoms with Crippen LogP contribution in [0.25, 0.3) is 10.9 Å². The van der Waals surface area contributed by atoms with E-state index in [2.05, 4.69) is 22.2 Å². The maximum atomic E-state index is 12.1. The van der Waals surface area contributed by atoms with Crippen LogP contribution in [-0.2, 0) is 4.79 Å². The Morgan fingerprint density at radius 3 is 2.96 bits per heavy atom. The van der Waals surface area contributed by atoms with E-state index in [1.807, 2.05) is 12.1 Å². The average Bonchev–Trinajstić information content (AvgIpc) is 2.55. The second kappa shape index (κ2) is 7.17. The quantitative estimate of drug-likeness (QED) is 0.667. The molecule has 5 nitrogen and oxygen atoms in total. The van der Waals surface area contributed by atoms with E-state index in [1.54, 1.807) is 12.1 Å². The number of carbonyl (C=O) groups is 1. The average molecular weight is 331 g/mol. The van der Waals surface area contributed by atoms with Crippen molar-refractivity contribution < 1.29 is 4.79 Å². The third-order valence-corrected chi connectivity index (χ3v) is 5.26. The third-order valence-electron chi connectivity index (χ3n) is 4.39. The van der Waals surface area contributed by atoms with Gasteiger partial charge in [-0.15, -0.1) is 0 Å². The fourth-order valence-corrected chi connectivity index (χ4v) is 3.73. The number of thioether (sulfide) groups is 1. The molecule has 1 aromatic carbocycles. The van der Waals surface area contributed by atoms with E-state index in [-0.39, 0.29) is 23.3 Å². The number of H-pyrrole nitrogens is 1. The van der Waals surface area contributed by atoms with Crippen LogP contribution in [0, 0.1) is 5.92 Å². The minimum absolute atomic E-state index is 0.00422. The molecular formula is C17H21N3O2S. The van der Waals surface area contributed by atoms with E-state index in [9.17, 15) is 9.59 Å². The number of fused-ring (bicyclic) bond motifs is 1.